The molecule has 0 aliphatic rings. The molecule has 0 saturated carbocycles. The first kappa shape index (κ1) is 20.6. The molecule has 0 radical (unpaired) electrons. The van der Waals surface area contributed by atoms with Crippen LogP contribution in [0.2, 0.25) is 5.02 Å². The number of carbonyl (C=O) groups excluding carboxylic acids is 1. The van der Waals surface area contributed by atoms with Crippen molar-refractivity contribution in [3.05, 3.63) is 94.5 Å². The molecule has 0 bridgehead atoms. The first-order valence-corrected chi connectivity index (χ1v) is 10.4. The van der Waals surface area contributed by atoms with Crippen molar-refractivity contribution in [1.29, 1.82) is 0 Å². The van der Waals surface area contributed by atoms with Crippen LogP contribution in [-0.4, -0.2) is 25.6 Å². The molecule has 0 fully saturated rings. The normalized spacial score (nSPS) is 10.9. The number of halogens is 1. The monoisotopic (exact) mass is 457 g/mol. The zero-order chi connectivity index (χ0) is 22.8. The largest absolute Gasteiger partial charge is 0.334 e. The van der Waals surface area contributed by atoms with Gasteiger partial charge in [-0.05, 0) is 30.3 Å². The molecule has 0 aliphatic heterocycles. The molecule has 1 N–H and O–H groups in total. The molecule has 3 heterocycles. The van der Waals surface area contributed by atoms with E-state index in [4.69, 9.17) is 16.1 Å². The fraction of sp³-hybridized carbons (Fsp3) is 0.0417. The van der Waals surface area contributed by atoms with Gasteiger partial charge in [0.05, 0.1) is 21.8 Å². The Morgan fingerprint density at radius 2 is 1.88 bits per heavy atom. The zero-order valence-electron chi connectivity index (χ0n) is 17.1. The number of hydrogen-bond acceptors (Lipinski definition) is 6. The van der Waals surface area contributed by atoms with Crippen LogP contribution in [0.4, 0.5) is 5.69 Å². The van der Waals surface area contributed by atoms with E-state index in [0.717, 1.165) is 0 Å². The molecule has 1 amide bonds. The second-order valence-electron chi connectivity index (χ2n) is 7.19. The van der Waals surface area contributed by atoms with Crippen LogP contribution in [-0.2, 0) is 11.3 Å². The number of pyridine rings is 2. The number of benzene rings is 2. The van der Waals surface area contributed by atoms with Gasteiger partial charge >= 0.3 is 0 Å². The highest BCUT2D eigenvalue weighted by Crippen LogP contribution is 2.28. The van der Waals surface area contributed by atoms with E-state index in [9.17, 15) is 9.59 Å². The van der Waals surface area contributed by atoms with E-state index in [-0.39, 0.29) is 23.9 Å². The van der Waals surface area contributed by atoms with Crippen molar-refractivity contribution in [3.8, 4) is 22.8 Å². The van der Waals surface area contributed by atoms with Crippen molar-refractivity contribution in [3.63, 3.8) is 0 Å². The van der Waals surface area contributed by atoms with Crippen LogP contribution >= 0.6 is 11.6 Å². The molecule has 162 valence electrons. The summed E-state index contributed by atoms with van der Waals surface area (Å²) in [5.41, 5.74) is 1.85. The minimum absolute atomic E-state index is 0.185. The zero-order valence-corrected chi connectivity index (χ0v) is 17.9. The van der Waals surface area contributed by atoms with Crippen LogP contribution in [0.25, 0.3) is 33.7 Å². The fourth-order valence-electron chi connectivity index (χ4n) is 3.52. The highest BCUT2D eigenvalue weighted by Gasteiger charge is 2.18. The molecule has 5 aromatic rings. The molecule has 2 aromatic carbocycles. The van der Waals surface area contributed by atoms with Gasteiger partial charge in [0.15, 0.2) is 0 Å². The van der Waals surface area contributed by atoms with Crippen molar-refractivity contribution in [2.24, 2.45) is 0 Å². The molecule has 3 aromatic heterocycles. The highest BCUT2D eigenvalue weighted by atomic mass is 35.5. The van der Waals surface area contributed by atoms with Gasteiger partial charge in [-0.3, -0.25) is 19.1 Å². The number of rotatable bonds is 5. The number of nitrogens with zero attached hydrogens (tertiary/aromatic N) is 4. The van der Waals surface area contributed by atoms with E-state index in [0.29, 0.717) is 38.6 Å². The van der Waals surface area contributed by atoms with Gasteiger partial charge in [0.25, 0.3) is 11.4 Å². The van der Waals surface area contributed by atoms with Gasteiger partial charge in [-0.1, -0.05) is 47.1 Å². The molecule has 9 heteroatoms. The molecular formula is C24H16ClN5O3. The van der Waals surface area contributed by atoms with Gasteiger partial charge in [0.1, 0.15) is 6.54 Å². The van der Waals surface area contributed by atoms with Crippen LogP contribution in [0, 0.1) is 0 Å². The maximum absolute atomic E-state index is 13.0. The van der Waals surface area contributed by atoms with Crippen LogP contribution < -0.4 is 10.9 Å². The summed E-state index contributed by atoms with van der Waals surface area (Å²) in [5, 5.41) is 7.87. The molecule has 0 atom stereocenters. The van der Waals surface area contributed by atoms with Gasteiger partial charge in [0, 0.05) is 29.4 Å². The Morgan fingerprint density at radius 1 is 1.06 bits per heavy atom. The van der Waals surface area contributed by atoms with E-state index < -0.39 is 0 Å². The van der Waals surface area contributed by atoms with Gasteiger partial charge in [-0.15, -0.1) is 0 Å². The maximum atomic E-state index is 13.0. The van der Waals surface area contributed by atoms with Crippen molar-refractivity contribution < 1.29 is 9.32 Å². The second kappa shape index (κ2) is 8.68. The lowest BCUT2D eigenvalue weighted by atomic mass is 10.1. The van der Waals surface area contributed by atoms with Crippen LogP contribution in [0.3, 0.4) is 0 Å². The maximum Gasteiger partial charge on any atom is 0.259 e. The molecule has 0 saturated heterocycles. The molecule has 0 spiro atoms. The summed E-state index contributed by atoms with van der Waals surface area (Å²) in [4.78, 5) is 34.2. The smallest absolute Gasteiger partial charge is 0.259 e. The van der Waals surface area contributed by atoms with Crippen molar-refractivity contribution in [2.45, 2.75) is 6.54 Å². The predicted octanol–water partition coefficient (Wildman–Crippen LogP) is 4.41. The number of carbonyl (C=O) groups is 1. The number of anilines is 1. The Hall–Kier alpha value is -4.30. The van der Waals surface area contributed by atoms with Crippen LogP contribution in [0.5, 0.6) is 0 Å². The lowest BCUT2D eigenvalue weighted by Crippen LogP contribution is -2.27. The molecule has 33 heavy (non-hydrogen) atoms. The van der Waals surface area contributed by atoms with E-state index in [2.05, 4.69) is 20.4 Å². The molecular weight excluding hydrogens is 442 g/mol. The summed E-state index contributed by atoms with van der Waals surface area (Å²) in [6.07, 6.45) is 3.28. The van der Waals surface area contributed by atoms with Gasteiger partial charge in [0.2, 0.25) is 11.7 Å². The molecule has 0 aliphatic carbocycles. The quantitative estimate of drug-likeness (QED) is 0.419. The number of aromatic nitrogens is 4. The summed E-state index contributed by atoms with van der Waals surface area (Å²) < 4.78 is 6.84. The van der Waals surface area contributed by atoms with Gasteiger partial charge in [-0.25, -0.2) is 0 Å². The SMILES string of the molecule is O=C(Cn1c(=O)cc(-c2nc(-c3cccnc3)no2)c2ccccc21)Nc1ccccc1Cl. The second-order valence-corrected chi connectivity index (χ2v) is 7.60. The lowest BCUT2D eigenvalue weighted by molar-refractivity contribution is -0.116. The van der Waals surface area contributed by atoms with Gasteiger partial charge < -0.3 is 9.84 Å². The number of amides is 1. The van der Waals surface area contributed by atoms with Gasteiger partial charge in [-0.2, -0.15) is 4.98 Å². The number of nitrogens with one attached hydrogen (secondary N) is 1. The topological polar surface area (TPSA) is 103 Å². The lowest BCUT2D eigenvalue weighted by Gasteiger charge is -2.13. The Bertz CT molecular complexity index is 1530. The van der Waals surface area contributed by atoms with Crippen molar-refractivity contribution in [1.82, 2.24) is 19.7 Å². The summed E-state index contributed by atoms with van der Waals surface area (Å²) in [6, 6.07) is 19.1. The Morgan fingerprint density at radius 3 is 2.70 bits per heavy atom. The highest BCUT2D eigenvalue weighted by molar-refractivity contribution is 6.33. The first-order valence-electron chi connectivity index (χ1n) is 10.0. The third kappa shape index (κ3) is 4.11. The first-order chi connectivity index (χ1) is 16.1. The number of hydrogen-bond donors (Lipinski definition) is 1. The van der Waals surface area contributed by atoms with E-state index in [1.807, 2.05) is 18.2 Å². The Balaban J connectivity index is 1.52. The Labute approximate surface area is 192 Å². The van der Waals surface area contributed by atoms with E-state index >= 15 is 0 Å². The van der Waals surface area contributed by atoms with E-state index in [1.54, 1.807) is 54.9 Å². The third-order valence-electron chi connectivity index (χ3n) is 5.04. The van der Waals surface area contributed by atoms with Crippen LogP contribution in [0.1, 0.15) is 0 Å². The average molecular weight is 458 g/mol. The summed E-state index contributed by atoms with van der Waals surface area (Å²) in [5.74, 6) is 0.194. The molecule has 0 unspecified atom stereocenters. The summed E-state index contributed by atoms with van der Waals surface area (Å²) in [7, 11) is 0. The van der Waals surface area contributed by atoms with Crippen LogP contribution in [0.15, 0.2) is 88.4 Å². The molecule has 8 nitrogen and oxygen atoms in total. The molecule has 5 rings (SSSR count). The number of para-hydroxylation sites is 2. The third-order valence-corrected chi connectivity index (χ3v) is 5.37. The predicted molar refractivity (Wildman–Crippen MR) is 125 cm³/mol. The summed E-state index contributed by atoms with van der Waals surface area (Å²) in [6.45, 7) is -0.185. The number of fused-ring (bicyclic) bond motifs is 1. The minimum atomic E-state index is -0.376. The average Bonchev–Trinajstić information content (AvgIpc) is 3.33. The minimum Gasteiger partial charge on any atom is -0.334 e. The van der Waals surface area contributed by atoms with Crippen molar-refractivity contribution >= 4 is 34.1 Å². The standard InChI is InChI=1S/C24H16ClN5O3/c25-18-8-2-3-9-19(18)27-21(31)14-30-20-10-4-1-7-16(20)17(12-22(30)32)24-28-23(29-33-24)15-6-5-11-26-13-15/h1-13H,14H2,(H,27,31). The fourth-order valence-corrected chi connectivity index (χ4v) is 3.70. The summed E-state index contributed by atoms with van der Waals surface area (Å²) >= 11 is 6.12. The van der Waals surface area contributed by atoms with E-state index in [1.165, 1.54) is 10.6 Å². The van der Waals surface area contributed by atoms with Crippen molar-refractivity contribution in [2.75, 3.05) is 5.32 Å². The Kier molecular flexibility index (Phi) is 5.42.